The van der Waals surface area contributed by atoms with Gasteiger partial charge in [0.15, 0.2) is 0 Å². The Morgan fingerprint density at radius 1 is 1.27 bits per heavy atom. The van der Waals surface area contributed by atoms with E-state index in [-0.39, 0.29) is 11.8 Å². The molecule has 4 heteroatoms. The van der Waals surface area contributed by atoms with Crippen LogP contribution in [0.25, 0.3) is 0 Å². The Bertz CT molecular complexity index is 501. The van der Waals surface area contributed by atoms with E-state index in [0.29, 0.717) is 12.6 Å². The summed E-state index contributed by atoms with van der Waals surface area (Å²) >= 11 is 0. The Morgan fingerprint density at radius 2 is 2.00 bits per heavy atom. The molecule has 2 atom stereocenters. The summed E-state index contributed by atoms with van der Waals surface area (Å²) in [6, 6.07) is 8.76. The summed E-state index contributed by atoms with van der Waals surface area (Å²) in [5.41, 5.74) is 2.43. The number of nitrogens with zero attached hydrogens (tertiary/aromatic N) is 2. The molecule has 2 rings (SSSR count). The molecule has 1 fully saturated rings. The van der Waals surface area contributed by atoms with Gasteiger partial charge in [-0.05, 0) is 52.0 Å². The lowest BCUT2D eigenvalue weighted by Crippen LogP contribution is -2.39. The monoisotopic (exact) mass is 303 g/mol. The van der Waals surface area contributed by atoms with Crippen LogP contribution in [0.2, 0.25) is 0 Å². The minimum atomic E-state index is 0.0963. The second kappa shape index (κ2) is 7.75. The third-order valence-corrected chi connectivity index (χ3v) is 4.72. The van der Waals surface area contributed by atoms with Crippen LogP contribution < -0.4 is 5.32 Å². The number of carbonyl (C=O) groups is 1. The van der Waals surface area contributed by atoms with Crippen molar-refractivity contribution in [1.29, 1.82) is 0 Å². The van der Waals surface area contributed by atoms with Crippen LogP contribution in [0.3, 0.4) is 0 Å². The van der Waals surface area contributed by atoms with Gasteiger partial charge in [0.2, 0.25) is 5.91 Å². The molecule has 1 aromatic carbocycles. The number of likely N-dealkylation sites (N-methyl/N-ethyl adjacent to an activating group) is 2. The Balaban J connectivity index is 1.91. The molecule has 1 aliphatic rings. The van der Waals surface area contributed by atoms with Crippen LogP contribution in [0.4, 0.5) is 0 Å². The molecule has 122 valence electrons. The van der Waals surface area contributed by atoms with Crippen LogP contribution in [0.15, 0.2) is 24.3 Å². The smallest absolute Gasteiger partial charge is 0.224 e. The van der Waals surface area contributed by atoms with E-state index in [4.69, 9.17) is 0 Å². The fraction of sp³-hybridized carbons (Fsp3) is 0.611. The number of amides is 1. The highest BCUT2D eigenvalue weighted by Crippen LogP contribution is 2.18. The van der Waals surface area contributed by atoms with E-state index in [2.05, 4.69) is 55.3 Å². The van der Waals surface area contributed by atoms with Gasteiger partial charge in [-0.1, -0.05) is 24.3 Å². The average molecular weight is 303 g/mol. The largest absolute Gasteiger partial charge is 0.352 e. The molecule has 4 nitrogen and oxygen atoms in total. The van der Waals surface area contributed by atoms with E-state index in [1.54, 1.807) is 0 Å². The molecule has 0 aromatic heterocycles. The first-order valence-corrected chi connectivity index (χ1v) is 8.14. The molecular formula is C18H29N3O. The number of likely N-dealkylation sites (tertiary alicyclic amines) is 1. The van der Waals surface area contributed by atoms with Gasteiger partial charge in [0.25, 0.3) is 0 Å². The summed E-state index contributed by atoms with van der Waals surface area (Å²) in [4.78, 5) is 17.1. The first kappa shape index (κ1) is 17.0. The summed E-state index contributed by atoms with van der Waals surface area (Å²) < 4.78 is 0. The second-order valence-electron chi connectivity index (χ2n) is 6.76. The fourth-order valence-electron chi connectivity index (χ4n) is 3.16. The standard InChI is InChI=1S/C18H29N3O/c1-14-7-5-6-8-15(14)11-19-18(22)16-9-10-17(20(2)3)13-21(4)12-16/h5-8,16-17H,9-13H2,1-4H3,(H,19,22)/t16-,17+/m1/s1. The van der Waals surface area contributed by atoms with Gasteiger partial charge in [-0.15, -0.1) is 0 Å². The molecule has 0 radical (unpaired) electrons. The molecule has 1 amide bonds. The van der Waals surface area contributed by atoms with Crippen molar-refractivity contribution in [3.8, 4) is 0 Å². The minimum Gasteiger partial charge on any atom is -0.352 e. The minimum absolute atomic E-state index is 0.0963. The predicted molar refractivity (Wildman–Crippen MR) is 90.7 cm³/mol. The van der Waals surface area contributed by atoms with Crippen molar-refractivity contribution in [1.82, 2.24) is 15.1 Å². The normalized spacial score (nSPS) is 23.3. The quantitative estimate of drug-likeness (QED) is 0.922. The number of rotatable bonds is 4. The van der Waals surface area contributed by atoms with E-state index in [9.17, 15) is 4.79 Å². The molecule has 0 spiro atoms. The zero-order valence-corrected chi connectivity index (χ0v) is 14.3. The summed E-state index contributed by atoms with van der Waals surface area (Å²) in [6.45, 7) is 4.60. The average Bonchev–Trinajstić information content (AvgIpc) is 2.68. The van der Waals surface area contributed by atoms with Crippen LogP contribution in [0.5, 0.6) is 0 Å². The van der Waals surface area contributed by atoms with E-state index in [1.807, 2.05) is 12.1 Å². The van der Waals surface area contributed by atoms with Crippen molar-refractivity contribution >= 4 is 5.91 Å². The van der Waals surface area contributed by atoms with Crippen molar-refractivity contribution in [3.05, 3.63) is 35.4 Å². The molecule has 1 heterocycles. The number of carbonyl (C=O) groups excluding carboxylic acids is 1. The van der Waals surface area contributed by atoms with Gasteiger partial charge < -0.3 is 15.1 Å². The van der Waals surface area contributed by atoms with Crippen LogP contribution in [0, 0.1) is 12.8 Å². The Kier molecular flexibility index (Phi) is 5.98. The fourth-order valence-corrected chi connectivity index (χ4v) is 3.16. The predicted octanol–water partition coefficient (Wildman–Crippen LogP) is 1.88. The van der Waals surface area contributed by atoms with Gasteiger partial charge >= 0.3 is 0 Å². The first-order chi connectivity index (χ1) is 10.5. The maximum Gasteiger partial charge on any atom is 0.224 e. The summed E-state index contributed by atoms with van der Waals surface area (Å²) in [7, 11) is 6.36. The van der Waals surface area contributed by atoms with Gasteiger partial charge in [0.05, 0.1) is 5.92 Å². The Labute approximate surface area is 134 Å². The highest BCUT2D eigenvalue weighted by atomic mass is 16.1. The van der Waals surface area contributed by atoms with Gasteiger partial charge in [-0.3, -0.25) is 4.79 Å². The van der Waals surface area contributed by atoms with Crippen molar-refractivity contribution < 1.29 is 4.79 Å². The maximum atomic E-state index is 12.5. The van der Waals surface area contributed by atoms with E-state index in [0.717, 1.165) is 25.9 Å². The molecule has 1 saturated heterocycles. The molecule has 22 heavy (non-hydrogen) atoms. The highest BCUT2D eigenvalue weighted by molar-refractivity contribution is 5.78. The molecule has 1 aromatic rings. The van der Waals surface area contributed by atoms with Crippen molar-refractivity contribution in [2.45, 2.75) is 32.4 Å². The third kappa shape index (κ3) is 4.55. The van der Waals surface area contributed by atoms with E-state index < -0.39 is 0 Å². The number of hydrogen-bond donors (Lipinski definition) is 1. The molecular weight excluding hydrogens is 274 g/mol. The molecule has 1 aliphatic heterocycles. The number of aryl methyl sites for hydroxylation is 1. The lowest BCUT2D eigenvalue weighted by molar-refractivity contribution is -0.125. The number of benzene rings is 1. The SMILES string of the molecule is Cc1ccccc1CNC(=O)[C@@H]1CC[C@H](N(C)C)CN(C)C1. The molecule has 0 unspecified atom stereocenters. The molecule has 0 aliphatic carbocycles. The number of hydrogen-bond acceptors (Lipinski definition) is 3. The van der Waals surface area contributed by atoms with Gasteiger partial charge in [-0.2, -0.15) is 0 Å². The van der Waals surface area contributed by atoms with Crippen LogP contribution >= 0.6 is 0 Å². The second-order valence-corrected chi connectivity index (χ2v) is 6.76. The van der Waals surface area contributed by atoms with Crippen LogP contribution in [-0.4, -0.2) is 56.0 Å². The van der Waals surface area contributed by atoms with Crippen LogP contribution in [0.1, 0.15) is 24.0 Å². The van der Waals surface area contributed by atoms with Crippen LogP contribution in [-0.2, 0) is 11.3 Å². The number of nitrogens with one attached hydrogen (secondary N) is 1. The summed E-state index contributed by atoms with van der Waals surface area (Å²) in [5.74, 6) is 0.286. The third-order valence-electron chi connectivity index (χ3n) is 4.72. The first-order valence-electron chi connectivity index (χ1n) is 8.14. The zero-order chi connectivity index (χ0) is 16.1. The topological polar surface area (TPSA) is 35.6 Å². The van der Waals surface area contributed by atoms with Gasteiger partial charge in [0.1, 0.15) is 0 Å². The zero-order valence-electron chi connectivity index (χ0n) is 14.3. The maximum absolute atomic E-state index is 12.5. The van der Waals surface area contributed by atoms with Crippen molar-refractivity contribution in [3.63, 3.8) is 0 Å². The van der Waals surface area contributed by atoms with Crippen molar-refractivity contribution in [2.24, 2.45) is 5.92 Å². The molecule has 1 N–H and O–H groups in total. The Hall–Kier alpha value is -1.39. The summed E-state index contributed by atoms with van der Waals surface area (Å²) in [5, 5.41) is 3.12. The van der Waals surface area contributed by atoms with Gasteiger partial charge in [0, 0.05) is 25.7 Å². The van der Waals surface area contributed by atoms with Gasteiger partial charge in [-0.25, -0.2) is 0 Å². The highest BCUT2D eigenvalue weighted by Gasteiger charge is 2.27. The summed E-state index contributed by atoms with van der Waals surface area (Å²) in [6.07, 6.45) is 2.05. The lowest BCUT2D eigenvalue weighted by Gasteiger charge is -2.25. The molecule has 0 bridgehead atoms. The van der Waals surface area contributed by atoms with Crippen molar-refractivity contribution in [2.75, 3.05) is 34.2 Å². The lowest BCUT2D eigenvalue weighted by atomic mass is 10.0. The molecule has 0 saturated carbocycles. The van der Waals surface area contributed by atoms with E-state index >= 15 is 0 Å². The Morgan fingerprint density at radius 3 is 2.68 bits per heavy atom. The van der Waals surface area contributed by atoms with E-state index in [1.165, 1.54) is 11.1 Å².